The molecule has 3 aromatic rings. The van der Waals surface area contributed by atoms with Gasteiger partial charge in [0.15, 0.2) is 0 Å². The molecule has 4 N–H and O–H groups in total. The van der Waals surface area contributed by atoms with Crippen molar-refractivity contribution in [1.82, 2.24) is 4.90 Å². The Hall–Kier alpha value is -3.44. The molecule has 0 saturated carbocycles. The molecule has 1 atom stereocenters. The van der Waals surface area contributed by atoms with E-state index in [9.17, 15) is 4.79 Å². The normalized spacial score (nSPS) is 15.7. The van der Waals surface area contributed by atoms with Crippen LogP contribution >= 0.6 is 0 Å². The molecule has 3 aromatic carbocycles. The van der Waals surface area contributed by atoms with E-state index >= 15 is 0 Å². The first kappa shape index (κ1) is 18.9. The number of hydrogen-bond acceptors (Lipinski definition) is 4. The molecule has 0 fully saturated rings. The van der Waals surface area contributed by atoms with Crippen molar-refractivity contribution in [3.63, 3.8) is 0 Å². The van der Waals surface area contributed by atoms with Gasteiger partial charge in [-0.05, 0) is 49.4 Å². The molecule has 5 nitrogen and oxygen atoms in total. The van der Waals surface area contributed by atoms with Crippen molar-refractivity contribution in [3.05, 3.63) is 94.5 Å². The molecule has 0 aliphatic carbocycles. The van der Waals surface area contributed by atoms with Crippen LogP contribution in [0, 0.1) is 12.3 Å². The number of aryl methyl sites for hydroxylation is 1. The number of anilines is 2. The number of hydrogen-bond donors (Lipinski definition) is 3. The van der Waals surface area contributed by atoms with Gasteiger partial charge < -0.3 is 11.1 Å². The topological polar surface area (TPSA) is 82.2 Å². The fraction of sp³-hybridized carbons (Fsp3) is 0.167. The molecule has 5 heteroatoms. The van der Waals surface area contributed by atoms with Gasteiger partial charge >= 0.3 is 0 Å². The summed E-state index contributed by atoms with van der Waals surface area (Å²) in [5, 5.41) is 11.6. The average molecular weight is 384 g/mol. The van der Waals surface area contributed by atoms with Crippen LogP contribution in [0.2, 0.25) is 0 Å². The van der Waals surface area contributed by atoms with Gasteiger partial charge in [-0.2, -0.15) is 0 Å². The Morgan fingerprint density at radius 3 is 2.69 bits per heavy atom. The lowest BCUT2D eigenvalue weighted by molar-refractivity contribution is -0.120. The lowest BCUT2D eigenvalue weighted by atomic mass is 9.99. The molecule has 4 rings (SSSR count). The number of carbonyl (C=O) groups is 1. The molecule has 1 amide bonds. The van der Waals surface area contributed by atoms with Gasteiger partial charge in [0.05, 0.1) is 5.71 Å². The Bertz CT molecular complexity index is 1110. The van der Waals surface area contributed by atoms with Crippen molar-refractivity contribution >= 4 is 23.0 Å². The van der Waals surface area contributed by atoms with Crippen molar-refractivity contribution in [2.75, 3.05) is 18.1 Å². The number of rotatable bonds is 4. The van der Waals surface area contributed by atoms with Crippen molar-refractivity contribution < 1.29 is 4.79 Å². The predicted molar refractivity (Wildman–Crippen MR) is 117 cm³/mol. The maximum atomic E-state index is 13.0. The molecule has 0 aromatic heterocycles. The molecule has 1 aliphatic rings. The van der Waals surface area contributed by atoms with Crippen molar-refractivity contribution in [1.29, 1.82) is 5.41 Å². The van der Waals surface area contributed by atoms with E-state index in [2.05, 4.69) is 11.4 Å². The maximum absolute atomic E-state index is 13.0. The summed E-state index contributed by atoms with van der Waals surface area (Å²) < 4.78 is 0. The Balaban J connectivity index is 1.60. The van der Waals surface area contributed by atoms with Gasteiger partial charge in [-0.3, -0.25) is 15.1 Å². The number of fused-ring (bicyclic) bond motifs is 1. The Labute approximate surface area is 170 Å². The Morgan fingerprint density at radius 1 is 1.10 bits per heavy atom. The van der Waals surface area contributed by atoms with Gasteiger partial charge in [0.2, 0.25) is 5.91 Å². The van der Waals surface area contributed by atoms with E-state index in [1.807, 2.05) is 61.3 Å². The molecule has 29 heavy (non-hydrogen) atoms. The van der Waals surface area contributed by atoms with E-state index < -0.39 is 0 Å². The van der Waals surface area contributed by atoms with Crippen molar-refractivity contribution in [2.45, 2.75) is 19.5 Å². The number of benzene rings is 3. The highest BCUT2D eigenvalue weighted by Gasteiger charge is 2.32. The average Bonchev–Trinajstić information content (AvgIpc) is 3.04. The summed E-state index contributed by atoms with van der Waals surface area (Å²) in [6, 6.07) is 20.8. The van der Waals surface area contributed by atoms with Gasteiger partial charge in [0.1, 0.15) is 6.04 Å². The number of nitrogens with zero attached hydrogens (tertiary/aromatic N) is 1. The number of nitrogens with two attached hydrogens (primary N) is 1. The molecule has 1 heterocycles. The largest absolute Gasteiger partial charge is 0.398 e. The number of nitrogens with one attached hydrogen (secondary N) is 2. The highest BCUT2D eigenvalue weighted by Crippen LogP contribution is 2.33. The van der Waals surface area contributed by atoms with Crippen LogP contribution in [0.3, 0.4) is 0 Å². The summed E-state index contributed by atoms with van der Waals surface area (Å²) in [7, 11) is 1.95. The minimum atomic E-state index is -0.330. The second-order valence-corrected chi connectivity index (χ2v) is 7.55. The zero-order valence-electron chi connectivity index (χ0n) is 16.6. The van der Waals surface area contributed by atoms with Crippen LogP contribution in [-0.2, 0) is 11.3 Å². The summed E-state index contributed by atoms with van der Waals surface area (Å²) in [6.07, 6.45) is 0. The zero-order valence-corrected chi connectivity index (χ0v) is 16.6. The Kier molecular flexibility index (Phi) is 4.91. The molecule has 0 bridgehead atoms. The minimum Gasteiger partial charge on any atom is -0.398 e. The first-order chi connectivity index (χ1) is 13.9. The van der Waals surface area contributed by atoms with Crippen LogP contribution < -0.4 is 11.1 Å². The lowest BCUT2D eigenvalue weighted by Gasteiger charge is -2.20. The standard InChI is InChI=1S/C24H24N4O/c1-15-6-5-8-16(12-15)22(26)20-13-18(10-11-21(20)25)27-24(29)23-19-9-4-3-7-17(19)14-28(23)2/h3-13,23,26H,14,25H2,1-2H3,(H,27,29). The van der Waals surface area contributed by atoms with E-state index in [0.717, 1.165) is 23.2 Å². The van der Waals surface area contributed by atoms with Crippen LogP contribution in [0.25, 0.3) is 0 Å². The van der Waals surface area contributed by atoms with Crippen LogP contribution in [-0.4, -0.2) is 23.6 Å². The third kappa shape index (κ3) is 3.65. The lowest BCUT2D eigenvalue weighted by Crippen LogP contribution is -2.29. The van der Waals surface area contributed by atoms with Crippen molar-refractivity contribution in [2.24, 2.45) is 0 Å². The molecule has 1 unspecified atom stereocenters. The van der Waals surface area contributed by atoms with Crippen LogP contribution in [0.5, 0.6) is 0 Å². The van der Waals surface area contributed by atoms with Crippen LogP contribution in [0.1, 0.15) is 33.9 Å². The summed E-state index contributed by atoms with van der Waals surface area (Å²) in [5.41, 5.74) is 12.3. The summed E-state index contributed by atoms with van der Waals surface area (Å²) in [5.74, 6) is -0.0877. The molecule has 0 saturated heterocycles. The zero-order chi connectivity index (χ0) is 20.5. The van der Waals surface area contributed by atoms with E-state index in [4.69, 9.17) is 11.1 Å². The van der Waals surface area contributed by atoms with Crippen LogP contribution in [0.4, 0.5) is 11.4 Å². The van der Waals surface area contributed by atoms with Gasteiger partial charge in [-0.25, -0.2) is 0 Å². The van der Waals surface area contributed by atoms with Gasteiger partial charge in [0.25, 0.3) is 0 Å². The molecular weight excluding hydrogens is 360 g/mol. The highest BCUT2D eigenvalue weighted by molar-refractivity contribution is 6.14. The van der Waals surface area contributed by atoms with E-state index in [0.29, 0.717) is 22.6 Å². The fourth-order valence-electron chi connectivity index (χ4n) is 3.90. The van der Waals surface area contributed by atoms with Gasteiger partial charge in [0, 0.05) is 29.0 Å². The third-order valence-electron chi connectivity index (χ3n) is 5.36. The second-order valence-electron chi connectivity index (χ2n) is 7.55. The fourth-order valence-corrected chi connectivity index (χ4v) is 3.90. The first-order valence-corrected chi connectivity index (χ1v) is 9.58. The molecule has 0 radical (unpaired) electrons. The maximum Gasteiger partial charge on any atom is 0.246 e. The summed E-state index contributed by atoms with van der Waals surface area (Å²) in [6.45, 7) is 2.74. The highest BCUT2D eigenvalue weighted by atomic mass is 16.2. The molecule has 146 valence electrons. The summed E-state index contributed by atoms with van der Waals surface area (Å²) >= 11 is 0. The number of carbonyl (C=O) groups excluding carboxylic acids is 1. The van der Waals surface area contributed by atoms with Crippen LogP contribution in [0.15, 0.2) is 66.7 Å². The SMILES string of the molecule is Cc1cccc(C(=N)c2cc(NC(=O)C3c4ccccc4CN3C)ccc2N)c1. The number of likely N-dealkylation sites (N-methyl/N-ethyl adjacent to an activating group) is 1. The monoisotopic (exact) mass is 384 g/mol. The number of nitrogen functional groups attached to an aromatic ring is 1. The van der Waals surface area contributed by atoms with Gasteiger partial charge in [-0.1, -0.05) is 48.0 Å². The smallest absolute Gasteiger partial charge is 0.246 e. The Morgan fingerprint density at radius 2 is 1.90 bits per heavy atom. The number of amides is 1. The predicted octanol–water partition coefficient (Wildman–Crippen LogP) is 4.12. The quantitative estimate of drug-likeness (QED) is 0.467. The van der Waals surface area contributed by atoms with Gasteiger partial charge in [-0.15, -0.1) is 0 Å². The molecule has 1 aliphatic heterocycles. The second kappa shape index (κ2) is 7.53. The van der Waals surface area contributed by atoms with E-state index in [1.54, 1.807) is 18.2 Å². The first-order valence-electron chi connectivity index (χ1n) is 9.58. The third-order valence-corrected chi connectivity index (χ3v) is 5.36. The minimum absolute atomic E-state index is 0.0877. The summed E-state index contributed by atoms with van der Waals surface area (Å²) in [4.78, 5) is 15.1. The van der Waals surface area contributed by atoms with E-state index in [-0.39, 0.29) is 11.9 Å². The van der Waals surface area contributed by atoms with Crippen molar-refractivity contribution in [3.8, 4) is 0 Å². The van der Waals surface area contributed by atoms with E-state index in [1.165, 1.54) is 5.56 Å². The molecular formula is C24H24N4O. The molecule has 0 spiro atoms.